The van der Waals surface area contributed by atoms with Crippen LogP contribution in [0.4, 0.5) is 0 Å². The second-order valence-corrected chi connectivity index (χ2v) is 5.61. The van der Waals surface area contributed by atoms with E-state index in [1.807, 2.05) is 37.4 Å². The van der Waals surface area contributed by atoms with Crippen molar-refractivity contribution >= 4 is 17.2 Å². The molecule has 0 atom stereocenters. The molecule has 1 amide bonds. The minimum atomic E-state index is -0.0970. The van der Waals surface area contributed by atoms with Gasteiger partial charge in [0.05, 0.1) is 6.07 Å². The third-order valence-electron chi connectivity index (χ3n) is 3.04. The summed E-state index contributed by atoms with van der Waals surface area (Å²) in [7, 11) is 0. The summed E-state index contributed by atoms with van der Waals surface area (Å²) in [5.41, 5.74) is 2.61. The molecule has 0 radical (unpaired) electrons. The van der Waals surface area contributed by atoms with Crippen LogP contribution in [0.2, 0.25) is 0 Å². The summed E-state index contributed by atoms with van der Waals surface area (Å²) in [4.78, 5) is 18.3. The lowest BCUT2D eigenvalue weighted by atomic mass is 10.1. The highest BCUT2D eigenvalue weighted by Crippen LogP contribution is 2.24. The Bertz CT molecular complexity index is 655. The first-order chi connectivity index (χ1) is 10.2. The van der Waals surface area contributed by atoms with E-state index in [2.05, 4.69) is 4.98 Å². The van der Waals surface area contributed by atoms with E-state index in [0.717, 1.165) is 22.7 Å². The normalized spacial score (nSPS) is 10.1. The number of nitriles is 1. The quantitative estimate of drug-likeness (QED) is 0.794. The number of carbonyl (C=O) groups excluding carboxylic acids is 1. The van der Waals surface area contributed by atoms with Crippen LogP contribution in [0.5, 0.6) is 0 Å². The third kappa shape index (κ3) is 3.67. The summed E-state index contributed by atoms with van der Waals surface area (Å²) < 4.78 is 0. The largest absolute Gasteiger partial charge is 0.325 e. The highest BCUT2D eigenvalue weighted by Gasteiger charge is 2.14. The molecule has 1 aromatic heterocycles. The van der Waals surface area contributed by atoms with Gasteiger partial charge in [0.15, 0.2) is 0 Å². The molecule has 0 spiro atoms. The number of aryl methyl sites for hydroxylation is 1. The summed E-state index contributed by atoms with van der Waals surface area (Å²) in [5, 5.41) is 11.8. The summed E-state index contributed by atoms with van der Waals surface area (Å²) in [6.07, 6.45) is 0.837. The molecular formula is C16H17N3OS. The highest BCUT2D eigenvalue weighted by atomic mass is 32.1. The van der Waals surface area contributed by atoms with Crippen LogP contribution in [0.1, 0.15) is 29.4 Å². The molecule has 21 heavy (non-hydrogen) atoms. The van der Waals surface area contributed by atoms with Gasteiger partial charge in [0.1, 0.15) is 11.6 Å². The number of benzene rings is 1. The Labute approximate surface area is 128 Å². The molecule has 0 aliphatic heterocycles. The first kappa shape index (κ1) is 15.2. The molecule has 2 aromatic rings. The molecule has 0 fully saturated rings. The van der Waals surface area contributed by atoms with E-state index in [1.54, 1.807) is 28.4 Å². The van der Waals surface area contributed by atoms with Crippen LogP contribution in [0.3, 0.4) is 0 Å². The topological polar surface area (TPSA) is 57.0 Å². The predicted molar refractivity (Wildman–Crippen MR) is 84.1 cm³/mol. The van der Waals surface area contributed by atoms with Gasteiger partial charge in [-0.15, -0.1) is 11.3 Å². The molecule has 0 aliphatic rings. The Hall–Kier alpha value is -2.19. The van der Waals surface area contributed by atoms with Gasteiger partial charge in [0.2, 0.25) is 0 Å². The SMILES string of the molecule is CCCN(CC#N)C(=O)c1ccc(-c2nc(C)cs2)cc1. The fraction of sp³-hybridized carbons (Fsp3) is 0.312. The summed E-state index contributed by atoms with van der Waals surface area (Å²) in [6.45, 7) is 4.67. The number of amides is 1. The molecule has 5 heteroatoms. The van der Waals surface area contributed by atoms with E-state index in [9.17, 15) is 4.79 Å². The minimum Gasteiger partial charge on any atom is -0.325 e. The molecule has 1 aromatic carbocycles. The van der Waals surface area contributed by atoms with Crippen molar-refractivity contribution in [1.82, 2.24) is 9.88 Å². The maximum absolute atomic E-state index is 12.3. The van der Waals surface area contributed by atoms with Gasteiger partial charge in [0, 0.05) is 28.7 Å². The van der Waals surface area contributed by atoms with Crippen molar-refractivity contribution in [1.29, 1.82) is 5.26 Å². The first-order valence-corrected chi connectivity index (χ1v) is 7.72. The number of hydrogen-bond acceptors (Lipinski definition) is 4. The lowest BCUT2D eigenvalue weighted by molar-refractivity contribution is 0.0776. The number of aromatic nitrogens is 1. The Morgan fingerprint density at radius 1 is 1.38 bits per heavy atom. The van der Waals surface area contributed by atoms with Crippen LogP contribution >= 0.6 is 11.3 Å². The van der Waals surface area contributed by atoms with Crippen molar-refractivity contribution in [3.05, 3.63) is 40.9 Å². The van der Waals surface area contributed by atoms with E-state index < -0.39 is 0 Å². The molecule has 0 aliphatic carbocycles. The Kier molecular flexibility index (Phi) is 5.07. The van der Waals surface area contributed by atoms with Crippen molar-refractivity contribution in [2.45, 2.75) is 20.3 Å². The molecule has 0 saturated carbocycles. The average molecular weight is 299 g/mol. The molecular weight excluding hydrogens is 282 g/mol. The molecule has 0 N–H and O–H groups in total. The summed E-state index contributed by atoms with van der Waals surface area (Å²) >= 11 is 1.59. The monoisotopic (exact) mass is 299 g/mol. The zero-order chi connectivity index (χ0) is 15.2. The van der Waals surface area contributed by atoms with Gasteiger partial charge in [0.25, 0.3) is 5.91 Å². The maximum Gasteiger partial charge on any atom is 0.254 e. The lowest BCUT2D eigenvalue weighted by Crippen LogP contribution is -2.32. The van der Waals surface area contributed by atoms with Crippen LogP contribution in [-0.4, -0.2) is 28.9 Å². The number of thiazole rings is 1. The molecule has 0 unspecified atom stereocenters. The maximum atomic E-state index is 12.3. The lowest BCUT2D eigenvalue weighted by Gasteiger charge is -2.18. The second kappa shape index (κ2) is 7.00. The predicted octanol–water partition coefficient (Wildman–Crippen LogP) is 3.49. The number of hydrogen-bond donors (Lipinski definition) is 0. The number of rotatable bonds is 5. The fourth-order valence-corrected chi connectivity index (χ4v) is 2.84. The van der Waals surface area contributed by atoms with Crippen molar-refractivity contribution in [3.8, 4) is 16.6 Å². The number of carbonyl (C=O) groups is 1. The molecule has 108 valence electrons. The van der Waals surface area contributed by atoms with Crippen molar-refractivity contribution in [2.75, 3.05) is 13.1 Å². The fourth-order valence-electron chi connectivity index (χ4n) is 2.03. The van der Waals surface area contributed by atoms with E-state index in [-0.39, 0.29) is 12.5 Å². The first-order valence-electron chi connectivity index (χ1n) is 6.84. The minimum absolute atomic E-state index is 0.0970. The van der Waals surface area contributed by atoms with Crippen molar-refractivity contribution in [3.63, 3.8) is 0 Å². The van der Waals surface area contributed by atoms with Crippen LogP contribution in [0, 0.1) is 18.3 Å². The van der Waals surface area contributed by atoms with Crippen molar-refractivity contribution in [2.24, 2.45) is 0 Å². The Balaban J connectivity index is 2.18. The summed E-state index contributed by atoms with van der Waals surface area (Å²) in [6, 6.07) is 9.45. The molecule has 0 bridgehead atoms. The van der Waals surface area contributed by atoms with Gasteiger partial charge >= 0.3 is 0 Å². The van der Waals surface area contributed by atoms with E-state index in [0.29, 0.717) is 12.1 Å². The standard InChI is InChI=1S/C16H17N3OS/c1-3-9-19(10-8-17)16(20)14-6-4-13(5-7-14)15-18-12(2)11-21-15/h4-7,11H,3,9-10H2,1-2H3. The Morgan fingerprint density at radius 2 is 2.10 bits per heavy atom. The van der Waals surface area contributed by atoms with Gasteiger partial charge in [-0.05, 0) is 25.5 Å². The second-order valence-electron chi connectivity index (χ2n) is 4.76. The molecule has 4 nitrogen and oxygen atoms in total. The molecule has 2 rings (SSSR count). The van der Waals surface area contributed by atoms with Crippen LogP contribution < -0.4 is 0 Å². The van der Waals surface area contributed by atoms with Crippen molar-refractivity contribution < 1.29 is 4.79 Å². The highest BCUT2D eigenvalue weighted by molar-refractivity contribution is 7.13. The molecule has 1 heterocycles. The van der Waals surface area contributed by atoms with Gasteiger partial charge in [-0.2, -0.15) is 5.26 Å². The molecule has 0 saturated heterocycles. The Morgan fingerprint density at radius 3 is 2.62 bits per heavy atom. The number of nitrogens with zero attached hydrogens (tertiary/aromatic N) is 3. The summed E-state index contributed by atoms with van der Waals surface area (Å²) in [5.74, 6) is -0.0970. The van der Waals surface area contributed by atoms with Gasteiger partial charge < -0.3 is 4.90 Å². The van der Waals surface area contributed by atoms with Crippen LogP contribution in [0.15, 0.2) is 29.6 Å². The average Bonchev–Trinajstić information content (AvgIpc) is 2.93. The van der Waals surface area contributed by atoms with Crippen LogP contribution in [0.25, 0.3) is 10.6 Å². The zero-order valence-electron chi connectivity index (χ0n) is 12.2. The van der Waals surface area contributed by atoms with Crippen LogP contribution in [-0.2, 0) is 0 Å². The zero-order valence-corrected chi connectivity index (χ0v) is 13.0. The van der Waals surface area contributed by atoms with E-state index >= 15 is 0 Å². The van der Waals surface area contributed by atoms with Gasteiger partial charge in [-0.25, -0.2) is 4.98 Å². The van der Waals surface area contributed by atoms with E-state index in [4.69, 9.17) is 5.26 Å². The van der Waals surface area contributed by atoms with E-state index in [1.165, 1.54) is 0 Å². The van der Waals surface area contributed by atoms with Gasteiger partial charge in [-0.3, -0.25) is 4.79 Å². The van der Waals surface area contributed by atoms with Gasteiger partial charge in [-0.1, -0.05) is 19.1 Å². The third-order valence-corrected chi connectivity index (χ3v) is 4.05. The smallest absolute Gasteiger partial charge is 0.254 e.